The van der Waals surface area contributed by atoms with Gasteiger partial charge >= 0.3 is 0 Å². The van der Waals surface area contributed by atoms with E-state index in [0.717, 1.165) is 10.0 Å². The van der Waals surface area contributed by atoms with E-state index in [9.17, 15) is 0 Å². The number of anilines is 1. The molecule has 0 fully saturated rings. The number of ether oxygens (including phenoxy) is 1. The normalized spacial score (nSPS) is 10.6. The van der Waals surface area contributed by atoms with Crippen LogP contribution in [0.1, 0.15) is 25.3 Å². The average Bonchev–Trinajstić information content (AvgIpc) is 2.40. The number of nitrogens with zero attached hydrogens (tertiary/aromatic N) is 2. The zero-order chi connectivity index (χ0) is 13.8. The quantitative estimate of drug-likeness (QED) is 0.666. The fraction of sp³-hybridized carbons (Fsp3) is 0.231. The Morgan fingerprint density at radius 2 is 1.89 bits per heavy atom. The molecule has 0 aliphatic rings. The molecule has 5 nitrogen and oxygen atoms in total. The van der Waals surface area contributed by atoms with Crippen LogP contribution in [-0.4, -0.2) is 9.97 Å². The van der Waals surface area contributed by atoms with E-state index in [4.69, 9.17) is 10.6 Å². The molecule has 0 aliphatic carbocycles. The zero-order valence-electron chi connectivity index (χ0n) is 10.7. The summed E-state index contributed by atoms with van der Waals surface area (Å²) in [6, 6.07) is 7.55. The molecule has 100 valence electrons. The summed E-state index contributed by atoms with van der Waals surface area (Å²) in [5.74, 6) is 7.47. The second-order valence-electron chi connectivity index (χ2n) is 4.30. The monoisotopic (exact) mass is 322 g/mol. The van der Waals surface area contributed by atoms with E-state index >= 15 is 0 Å². The van der Waals surface area contributed by atoms with E-state index in [0.29, 0.717) is 17.4 Å². The molecule has 0 saturated carbocycles. The van der Waals surface area contributed by atoms with Crippen LogP contribution >= 0.6 is 15.9 Å². The number of aromatic nitrogens is 2. The zero-order valence-corrected chi connectivity index (χ0v) is 12.3. The third-order valence-electron chi connectivity index (χ3n) is 2.59. The van der Waals surface area contributed by atoms with Crippen molar-refractivity contribution >= 4 is 21.7 Å². The van der Waals surface area contributed by atoms with Crippen LogP contribution in [0.3, 0.4) is 0 Å². The number of rotatable bonds is 4. The molecule has 0 amide bonds. The minimum atomic E-state index is 0.192. The molecule has 0 unspecified atom stereocenters. The van der Waals surface area contributed by atoms with Crippen LogP contribution in [0.15, 0.2) is 35.1 Å². The Morgan fingerprint density at radius 1 is 1.21 bits per heavy atom. The van der Waals surface area contributed by atoms with Gasteiger partial charge < -0.3 is 10.2 Å². The van der Waals surface area contributed by atoms with Crippen molar-refractivity contribution in [1.29, 1.82) is 0 Å². The van der Waals surface area contributed by atoms with E-state index < -0.39 is 0 Å². The van der Waals surface area contributed by atoms with E-state index in [2.05, 4.69) is 31.3 Å². The number of benzene rings is 1. The molecule has 1 heterocycles. The van der Waals surface area contributed by atoms with Crippen molar-refractivity contribution in [3.8, 4) is 11.6 Å². The third kappa shape index (κ3) is 3.21. The summed E-state index contributed by atoms with van der Waals surface area (Å²) in [5.41, 5.74) is 3.43. The van der Waals surface area contributed by atoms with Crippen molar-refractivity contribution < 1.29 is 4.74 Å². The third-order valence-corrected chi connectivity index (χ3v) is 3.12. The predicted octanol–water partition coefficient (Wildman–Crippen LogP) is 3.44. The highest BCUT2D eigenvalue weighted by Crippen LogP contribution is 2.32. The van der Waals surface area contributed by atoms with Gasteiger partial charge in [-0.15, -0.1) is 0 Å². The first-order valence-electron chi connectivity index (χ1n) is 5.86. The Kier molecular flexibility index (Phi) is 4.34. The summed E-state index contributed by atoms with van der Waals surface area (Å²) in [4.78, 5) is 8.29. The van der Waals surface area contributed by atoms with Gasteiger partial charge in [-0.2, -0.15) is 0 Å². The number of hydrogen-bond donors (Lipinski definition) is 2. The van der Waals surface area contributed by atoms with Gasteiger partial charge in [-0.05, 0) is 30.2 Å². The number of nitrogens with two attached hydrogens (primary N) is 1. The molecule has 0 bridgehead atoms. The molecule has 2 rings (SSSR count). The van der Waals surface area contributed by atoms with Crippen molar-refractivity contribution in [2.75, 3.05) is 5.43 Å². The van der Waals surface area contributed by atoms with Crippen LogP contribution in [0.5, 0.6) is 11.6 Å². The highest BCUT2D eigenvalue weighted by atomic mass is 79.9. The lowest BCUT2D eigenvalue weighted by Crippen LogP contribution is -2.13. The highest BCUT2D eigenvalue weighted by molar-refractivity contribution is 9.10. The van der Waals surface area contributed by atoms with Crippen molar-refractivity contribution in [3.05, 3.63) is 40.6 Å². The lowest BCUT2D eigenvalue weighted by Gasteiger charge is -2.15. The maximum Gasteiger partial charge on any atom is 0.227 e. The van der Waals surface area contributed by atoms with Gasteiger partial charge in [0.1, 0.15) is 12.1 Å². The molecule has 0 spiro atoms. The Bertz CT molecular complexity index is 557. The molecule has 3 N–H and O–H groups in total. The molecule has 1 aromatic heterocycles. The number of nitrogen functional groups attached to an aromatic ring is 1. The maximum atomic E-state index is 5.80. The summed E-state index contributed by atoms with van der Waals surface area (Å²) >= 11 is 3.38. The summed E-state index contributed by atoms with van der Waals surface area (Å²) in [6.07, 6.45) is 1.43. The van der Waals surface area contributed by atoms with E-state index in [1.807, 2.05) is 38.1 Å². The molecular weight excluding hydrogens is 308 g/mol. The first-order chi connectivity index (χ1) is 9.11. The number of hydrazine groups is 1. The van der Waals surface area contributed by atoms with Crippen LogP contribution in [0.25, 0.3) is 0 Å². The first-order valence-corrected chi connectivity index (χ1v) is 6.66. The van der Waals surface area contributed by atoms with Crippen molar-refractivity contribution in [2.24, 2.45) is 5.84 Å². The summed E-state index contributed by atoms with van der Waals surface area (Å²) in [6.45, 7) is 4.07. The van der Waals surface area contributed by atoms with Crippen LogP contribution < -0.4 is 16.0 Å². The van der Waals surface area contributed by atoms with Crippen LogP contribution in [0.4, 0.5) is 5.82 Å². The largest absolute Gasteiger partial charge is 0.439 e. The SMILES string of the molecule is CC(C)c1c(NN)ncnc1Oc1ccc(Br)cc1. The van der Waals surface area contributed by atoms with Gasteiger partial charge in [0.05, 0.1) is 5.56 Å². The van der Waals surface area contributed by atoms with Gasteiger partial charge in [0.2, 0.25) is 5.88 Å². The molecule has 19 heavy (non-hydrogen) atoms. The van der Waals surface area contributed by atoms with Gasteiger partial charge in [0, 0.05) is 4.47 Å². The second-order valence-corrected chi connectivity index (χ2v) is 5.21. The number of nitrogens with one attached hydrogen (secondary N) is 1. The first kappa shape index (κ1) is 13.8. The average molecular weight is 323 g/mol. The minimum Gasteiger partial charge on any atom is -0.439 e. The van der Waals surface area contributed by atoms with Crippen LogP contribution in [0.2, 0.25) is 0 Å². The van der Waals surface area contributed by atoms with Crippen molar-refractivity contribution in [1.82, 2.24) is 9.97 Å². The van der Waals surface area contributed by atoms with Crippen molar-refractivity contribution in [2.45, 2.75) is 19.8 Å². The van der Waals surface area contributed by atoms with Crippen LogP contribution in [-0.2, 0) is 0 Å². The Morgan fingerprint density at radius 3 is 2.47 bits per heavy atom. The van der Waals surface area contributed by atoms with Crippen LogP contribution in [0, 0.1) is 0 Å². The molecule has 0 radical (unpaired) electrons. The van der Waals surface area contributed by atoms with E-state index in [1.54, 1.807) is 0 Å². The molecule has 6 heteroatoms. The standard InChI is InChI=1S/C13H15BrN4O/c1-8(2)11-12(18-15)16-7-17-13(11)19-10-5-3-9(14)4-6-10/h3-8H,15H2,1-2H3,(H,16,17,18). The highest BCUT2D eigenvalue weighted by Gasteiger charge is 2.16. The minimum absolute atomic E-state index is 0.192. The number of hydrogen-bond acceptors (Lipinski definition) is 5. The predicted molar refractivity (Wildman–Crippen MR) is 78.1 cm³/mol. The summed E-state index contributed by atoms with van der Waals surface area (Å²) in [7, 11) is 0. The second kappa shape index (κ2) is 5.99. The summed E-state index contributed by atoms with van der Waals surface area (Å²) < 4.78 is 6.80. The molecule has 0 atom stereocenters. The Hall–Kier alpha value is -1.66. The Labute approximate surface area is 120 Å². The van der Waals surface area contributed by atoms with E-state index in [-0.39, 0.29) is 5.92 Å². The number of halogens is 1. The van der Waals surface area contributed by atoms with Gasteiger partial charge in [0.15, 0.2) is 5.82 Å². The molecule has 2 aromatic rings. The maximum absolute atomic E-state index is 5.80. The Balaban J connectivity index is 2.36. The van der Waals surface area contributed by atoms with Crippen molar-refractivity contribution in [3.63, 3.8) is 0 Å². The van der Waals surface area contributed by atoms with Gasteiger partial charge in [0.25, 0.3) is 0 Å². The fourth-order valence-corrected chi connectivity index (χ4v) is 1.97. The lowest BCUT2D eigenvalue weighted by atomic mass is 10.1. The van der Waals surface area contributed by atoms with E-state index in [1.165, 1.54) is 6.33 Å². The lowest BCUT2D eigenvalue weighted by molar-refractivity contribution is 0.451. The molecule has 1 aromatic carbocycles. The fourth-order valence-electron chi connectivity index (χ4n) is 1.71. The smallest absolute Gasteiger partial charge is 0.227 e. The molecule has 0 saturated heterocycles. The van der Waals surface area contributed by atoms with Gasteiger partial charge in [-0.1, -0.05) is 29.8 Å². The summed E-state index contributed by atoms with van der Waals surface area (Å²) in [5, 5.41) is 0. The van der Waals surface area contributed by atoms with Gasteiger partial charge in [-0.25, -0.2) is 15.8 Å². The molecular formula is C13H15BrN4O. The topological polar surface area (TPSA) is 73.1 Å². The molecule has 0 aliphatic heterocycles. The van der Waals surface area contributed by atoms with Gasteiger partial charge in [-0.3, -0.25) is 0 Å².